The van der Waals surface area contributed by atoms with Crippen LogP contribution in [0.25, 0.3) is 0 Å². The molecule has 2 N–H and O–H groups in total. The quantitative estimate of drug-likeness (QED) is 0.857. The highest BCUT2D eigenvalue weighted by atomic mass is 19.2. The molecule has 1 amide bonds. The van der Waals surface area contributed by atoms with Crippen LogP contribution in [0.5, 0.6) is 0 Å². The molecule has 23 heavy (non-hydrogen) atoms. The third-order valence-electron chi connectivity index (χ3n) is 3.30. The first-order chi connectivity index (χ1) is 10.9. The maximum atomic E-state index is 13.5. The minimum atomic E-state index is -1.17. The molecule has 0 aliphatic carbocycles. The lowest BCUT2D eigenvalue weighted by Crippen LogP contribution is -2.25. The normalized spacial score (nSPS) is 10.6. The van der Waals surface area contributed by atoms with Crippen LogP contribution in [0.4, 0.5) is 8.78 Å². The number of aryl methyl sites for hydroxylation is 1. The van der Waals surface area contributed by atoms with Gasteiger partial charge in [0.05, 0.1) is 0 Å². The minimum Gasteiger partial charge on any atom is -0.478 e. The maximum Gasteiger partial charge on any atom is 0.339 e. The Kier molecular flexibility index (Phi) is 5.10. The molecular formula is C16H15F2NO4. The molecule has 7 heteroatoms. The van der Waals surface area contributed by atoms with Crippen molar-refractivity contribution in [3.8, 4) is 0 Å². The Hall–Kier alpha value is -2.70. The molecule has 1 heterocycles. The van der Waals surface area contributed by atoms with Crippen molar-refractivity contribution in [1.29, 1.82) is 0 Å². The van der Waals surface area contributed by atoms with Gasteiger partial charge in [-0.3, -0.25) is 4.79 Å². The first-order valence-corrected chi connectivity index (χ1v) is 7.01. The first-order valence-electron chi connectivity index (χ1n) is 7.01. The van der Waals surface area contributed by atoms with Gasteiger partial charge in [0.25, 0.3) is 5.91 Å². The molecule has 2 rings (SSSR count). The minimum absolute atomic E-state index is 0.0593. The zero-order chi connectivity index (χ0) is 17.0. The summed E-state index contributed by atoms with van der Waals surface area (Å²) in [6, 6.07) is 4.98. The van der Waals surface area contributed by atoms with Crippen LogP contribution < -0.4 is 5.32 Å². The summed E-state index contributed by atoms with van der Waals surface area (Å²) in [6.07, 6.45) is 0.436. The van der Waals surface area contributed by atoms with Crippen LogP contribution in [-0.2, 0) is 12.8 Å². The van der Waals surface area contributed by atoms with E-state index in [0.717, 1.165) is 12.1 Å². The van der Waals surface area contributed by atoms with Crippen molar-refractivity contribution in [2.75, 3.05) is 6.54 Å². The number of carbonyl (C=O) groups is 2. The lowest BCUT2D eigenvalue weighted by atomic mass is 10.1. The van der Waals surface area contributed by atoms with Gasteiger partial charge in [-0.15, -0.1) is 0 Å². The van der Waals surface area contributed by atoms with Gasteiger partial charge in [0.2, 0.25) is 0 Å². The average molecular weight is 323 g/mol. The number of halogens is 2. The van der Waals surface area contributed by atoms with E-state index in [1.54, 1.807) is 6.92 Å². The van der Waals surface area contributed by atoms with Gasteiger partial charge in [-0.25, -0.2) is 13.6 Å². The van der Waals surface area contributed by atoms with Crippen molar-refractivity contribution in [2.24, 2.45) is 0 Å². The van der Waals surface area contributed by atoms with Gasteiger partial charge in [0, 0.05) is 19.0 Å². The Labute approximate surface area is 130 Å². The van der Waals surface area contributed by atoms with Crippen molar-refractivity contribution in [3.05, 3.63) is 58.5 Å². The molecule has 0 aliphatic rings. The highest BCUT2D eigenvalue weighted by molar-refractivity contribution is 5.96. The van der Waals surface area contributed by atoms with Crippen LogP contribution in [0, 0.1) is 11.6 Å². The predicted molar refractivity (Wildman–Crippen MR) is 77.4 cm³/mol. The molecule has 0 atom stereocenters. The standard InChI is InChI=1S/C16H15F2NO4/c1-2-12-10(16(21)22)8-13(23-12)15(20)19-7-6-9-4-3-5-11(17)14(9)18/h3-5,8H,2,6-7H2,1H3,(H,19,20)(H,21,22). The van der Waals surface area contributed by atoms with E-state index in [1.807, 2.05) is 0 Å². The number of carbonyl (C=O) groups excluding carboxylic acids is 1. The lowest BCUT2D eigenvalue weighted by Gasteiger charge is -2.05. The second kappa shape index (κ2) is 7.04. The number of hydrogen-bond acceptors (Lipinski definition) is 3. The molecule has 122 valence electrons. The molecule has 5 nitrogen and oxygen atoms in total. The molecule has 0 bridgehead atoms. The van der Waals surface area contributed by atoms with Crippen LogP contribution in [-0.4, -0.2) is 23.5 Å². The molecule has 1 aromatic carbocycles. The van der Waals surface area contributed by atoms with E-state index in [4.69, 9.17) is 9.52 Å². The molecule has 0 spiro atoms. The van der Waals surface area contributed by atoms with E-state index < -0.39 is 23.5 Å². The number of furan rings is 1. The van der Waals surface area contributed by atoms with Gasteiger partial charge in [-0.2, -0.15) is 0 Å². The van der Waals surface area contributed by atoms with Gasteiger partial charge in [-0.05, 0) is 18.1 Å². The molecule has 1 aromatic heterocycles. The van der Waals surface area contributed by atoms with Gasteiger partial charge >= 0.3 is 5.97 Å². The van der Waals surface area contributed by atoms with Gasteiger partial charge in [0.1, 0.15) is 11.3 Å². The van der Waals surface area contributed by atoms with Crippen molar-refractivity contribution in [3.63, 3.8) is 0 Å². The van der Waals surface area contributed by atoms with Crippen LogP contribution in [0.2, 0.25) is 0 Å². The van der Waals surface area contributed by atoms with E-state index in [1.165, 1.54) is 12.1 Å². The van der Waals surface area contributed by atoms with E-state index in [0.29, 0.717) is 6.42 Å². The Morgan fingerprint density at radius 2 is 2.04 bits per heavy atom. The topological polar surface area (TPSA) is 79.5 Å². The van der Waals surface area contributed by atoms with Crippen molar-refractivity contribution >= 4 is 11.9 Å². The third-order valence-corrected chi connectivity index (χ3v) is 3.30. The predicted octanol–water partition coefficient (Wildman–Crippen LogP) is 2.79. The summed E-state index contributed by atoms with van der Waals surface area (Å²) in [7, 11) is 0. The highest BCUT2D eigenvalue weighted by Crippen LogP contribution is 2.16. The zero-order valence-electron chi connectivity index (χ0n) is 12.4. The van der Waals surface area contributed by atoms with Crippen LogP contribution >= 0.6 is 0 Å². The summed E-state index contributed by atoms with van der Waals surface area (Å²) < 4.78 is 31.7. The average Bonchev–Trinajstić information content (AvgIpc) is 2.96. The van der Waals surface area contributed by atoms with Crippen LogP contribution in [0.15, 0.2) is 28.7 Å². The smallest absolute Gasteiger partial charge is 0.339 e. The molecule has 2 aromatic rings. The van der Waals surface area contributed by atoms with E-state index >= 15 is 0 Å². The van der Waals surface area contributed by atoms with Gasteiger partial charge in [0.15, 0.2) is 17.4 Å². The number of benzene rings is 1. The number of aromatic carboxylic acids is 1. The number of carboxylic acids is 1. The zero-order valence-corrected chi connectivity index (χ0v) is 12.4. The van der Waals surface area contributed by atoms with E-state index in [9.17, 15) is 18.4 Å². The van der Waals surface area contributed by atoms with Gasteiger partial charge in [-0.1, -0.05) is 19.1 Å². The summed E-state index contributed by atoms with van der Waals surface area (Å²) in [5.74, 6) is -3.59. The Bertz CT molecular complexity index is 740. The first kappa shape index (κ1) is 16.7. The lowest BCUT2D eigenvalue weighted by molar-refractivity contribution is 0.0694. The Morgan fingerprint density at radius 3 is 2.65 bits per heavy atom. The molecular weight excluding hydrogens is 308 g/mol. The molecule has 0 fully saturated rings. The highest BCUT2D eigenvalue weighted by Gasteiger charge is 2.19. The second-order valence-corrected chi connectivity index (χ2v) is 4.83. The second-order valence-electron chi connectivity index (χ2n) is 4.83. The van der Waals surface area contributed by atoms with Gasteiger partial charge < -0.3 is 14.8 Å². The number of rotatable bonds is 6. The number of carboxylic acid groups (broad SMARTS) is 1. The fourth-order valence-corrected chi connectivity index (χ4v) is 2.12. The summed E-state index contributed by atoms with van der Waals surface area (Å²) in [4.78, 5) is 22.9. The van der Waals surface area contributed by atoms with Crippen LogP contribution in [0.1, 0.15) is 39.2 Å². The Balaban J connectivity index is 2.00. The molecule has 0 unspecified atom stereocenters. The molecule has 0 saturated heterocycles. The fraction of sp³-hybridized carbons (Fsp3) is 0.250. The molecule has 0 radical (unpaired) electrons. The number of hydrogen-bond donors (Lipinski definition) is 2. The van der Waals surface area contributed by atoms with Crippen molar-refractivity contribution in [2.45, 2.75) is 19.8 Å². The number of nitrogens with one attached hydrogen (secondary N) is 1. The summed E-state index contributed by atoms with van der Waals surface area (Å²) in [6.45, 7) is 1.77. The van der Waals surface area contributed by atoms with E-state index in [-0.39, 0.29) is 35.6 Å². The summed E-state index contributed by atoms with van der Waals surface area (Å²) >= 11 is 0. The van der Waals surface area contributed by atoms with Crippen LogP contribution in [0.3, 0.4) is 0 Å². The fourth-order valence-electron chi connectivity index (χ4n) is 2.12. The monoisotopic (exact) mass is 323 g/mol. The Morgan fingerprint density at radius 1 is 1.30 bits per heavy atom. The summed E-state index contributed by atoms with van der Waals surface area (Å²) in [5, 5.41) is 11.5. The van der Waals surface area contributed by atoms with E-state index in [2.05, 4.69) is 5.32 Å². The van der Waals surface area contributed by atoms with Crippen molar-refractivity contribution in [1.82, 2.24) is 5.32 Å². The third kappa shape index (κ3) is 3.74. The SMILES string of the molecule is CCc1oc(C(=O)NCCc2cccc(F)c2F)cc1C(=O)O. The molecule has 0 saturated carbocycles. The largest absolute Gasteiger partial charge is 0.478 e. The number of amides is 1. The molecule has 0 aliphatic heterocycles. The summed E-state index contributed by atoms with van der Waals surface area (Å²) in [5.41, 5.74) is 0.0824. The maximum absolute atomic E-state index is 13.5. The van der Waals surface area contributed by atoms with Crippen molar-refractivity contribution < 1.29 is 27.9 Å².